The minimum atomic E-state index is -0.227. The number of nitrogens with zero attached hydrogens (tertiary/aromatic N) is 3. The van der Waals surface area contributed by atoms with E-state index >= 15 is 0 Å². The summed E-state index contributed by atoms with van der Waals surface area (Å²) in [7, 11) is 0. The van der Waals surface area contributed by atoms with Gasteiger partial charge in [0.2, 0.25) is 11.9 Å². The Hall–Kier alpha value is -2.03. The number of carbonyl (C=O) groups excluding carboxylic acids is 1. The van der Waals surface area contributed by atoms with Gasteiger partial charge in [-0.05, 0) is 44.2 Å². The van der Waals surface area contributed by atoms with E-state index in [0.717, 1.165) is 57.4 Å². The van der Waals surface area contributed by atoms with Crippen molar-refractivity contribution in [2.45, 2.75) is 70.2 Å². The Kier molecular flexibility index (Phi) is 5.71. The normalized spacial score (nSPS) is 28.5. The molecule has 0 bridgehead atoms. The molecule has 2 aromatic rings. The lowest BCUT2D eigenvalue weighted by molar-refractivity contribution is -0.119. The van der Waals surface area contributed by atoms with Crippen LogP contribution in [0.3, 0.4) is 0 Å². The quantitative estimate of drug-likeness (QED) is 0.743. The van der Waals surface area contributed by atoms with Crippen molar-refractivity contribution in [1.29, 1.82) is 0 Å². The molecule has 166 valence electrons. The van der Waals surface area contributed by atoms with Crippen LogP contribution < -0.4 is 10.6 Å². The van der Waals surface area contributed by atoms with Crippen molar-refractivity contribution < 1.29 is 9.53 Å². The molecule has 5 rings (SSSR count). The van der Waals surface area contributed by atoms with Crippen molar-refractivity contribution in [3.8, 4) is 0 Å². The number of thiophene rings is 1. The van der Waals surface area contributed by atoms with E-state index in [1.807, 2.05) is 23.7 Å². The van der Waals surface area contributed by atoms with Gasteiger partial charge in [0.15, 0.2) is 0 Å². The van der Waals surface area contributed by atoms with Crippen LogP contribution in [0.5, 0.6) is 0 Å². The second-order valence-corrected chi connectivity index (χ2v) is 10.2. The van der Waals surface area contributed by atoms with Crippen LogP contribution in [0.2, 0.25) is 0 Å². The molecule has 1 amide bonds. The van der Waals surface area contributed by atoms with Crippen molar-refractivity contribution in [3.63, 3.8) is 0 Å². The number of likely N-dealkylation sites (tertiary alicyclic amines) is 1. The minimum absolute atomic E-state index is 0.0218. The molecule has 3 atom stereocenters. The molecule has 8 heteroatoms. The Morgan fingerprint density at radius 3 is 2.94 bits per heavy atom. The van der Waals surface area contributed by atoms with E-state index in [2.05, 4.69) is 45.4 Å². The lowest BCUT2D eigenvalue weighted by Crippen LogP contribution is -2.50. The lowest BCUT2D eigenvalue weighted by atomic mass is 9.79. The highest BCUT2D eigenvalue weighted by molar-refractivity contribution is 7.12. The van der Waals surface area contributed by atoms with Crippen molar-refractivity contribution in [2.24, 2.45) is 0 Å². The van der Waals surface area contributed by atoms with Crippen LogP contribution in [0.15, 0.2) is 18.5 Å². The maximum atomic E-state index is 11.7. The molecule has 2 saturated heterocycles. The van der Waals surface area contributed by atoms with Crippen LogP contribution in [-0.4, -0.2) is 52.6 Å². The second-order valence-electron chi connectivity index (χ2n) is 8.96. The highest BCUT2D eigenvalue weighted by atomic mass is 32.1. The van der Waals surface area contributed by atoms with E-state index in [4.69, 9.17) is 4.74 Å². The molecular formula is C23H31N5O2S. The zero-order valence-electron chi connectivity index (χ0n) is 18.3. The predicted molar refractivity (Wildman–Crippen MR) is 121 cm³/mol. The number of anilines is 1. The Balaban J connectivity index is 1.23. The molecule has 7 nitrogen and oxygen atoms in total. The van der Waals surface area contributed by atoms with Gasteiger partial charge in [0.25, 0.3) is 0 Å². The molecule has 3 aliphatic heterocycles. The predicted octanol–water partition coefficient (Wildman–Crippen LogP) is 2.85. The third-order valence-electron chi connectivity index (χ3n) is 6.90. The first kappa shape index (κ1) is 20.8. The first-order valence-corrected chi connectivity index (χ1v) is 12.2. The summed E-state index contributed by atoms with van der Waals surface area (Å²) in [6, 6.07) is 2.60. The third-order valence-corrected chi connectivity index (χ3v) is 8.24. The average Bonchev–Trinajstić information content (AvgIpc) is 3.38. The number of aromatic nitrogens is 2. The summed E-state index contributed by atoms with van der Waals surface area (Å²) in [6.45, 7) is 7.92. The van der Waals surface area contributed by atoms with E-state index in [-0.39, 0.29) is 17.6 Å². The van der Waals surface area contributed by atoms with Crippen molar-refractivity contribution in [2.75, 3.05) is 25.0 Å². The zero-order valence-corrected chi connectivity index (χ0v) is 19.1. The number of nitrogens with one attached hydrogen (secondary N) is 2. The van der Waals surface area contributed by atoms with Crippen LogP contribution in [0.25, 0.3) is 0 Å². The number of hydrogen-bond donors (Lipinski definition) is 2. The molecule has 2 fully saturated rings. The van der Waals surface area contributed by atoms with E-state index in [9.17, 15) is 4.79 Å². The van der Waals surface area contributed by atoms with Crippen molar-refractivity contribution in [1.82, 2.24) is 20.2 Å². The SMILES string of the molecule is CCc1cc2c(s1)CCO[C@@]21CCN(Cc2cnc(N[C@H]3CCNC3=O)nc2)[C@@H](C)C1. The molecule has 0 aromatic carbocycles. The van der Waals surface area contributed by atoms with E-state index in [1.165, 1.54) is 15.3 Å². The molecule has 1 spiro atoms. The summed E-state index contributed by atoms with van der Waals surface area (Å²) in [6.07, 6.45) is 8.73. The van der Waals surface area contributed by atoms with Gasteiger partial charge in [0, 0.05) is 59.8 Å². The summed E-state index contributed by atoms with van der Waals surface area (Å²) in [4.78, 5) is 26.1. The molecule has 5 heterocycles. The Morgan fingerprint density at radius 2 is 2.23 bits per heavy atom. The van der Waals surface area contributed by atoms with Gasteiger partial charge in [-0.2, -0.15) is 0 Å². The van der Waals surface area contributed by atoms with E-state index in [0.29, 0.717) is 18.5 Å². The second kappa shape index (κ2) is 8.48. The van der Waals surface area contributed by atoms with Gasteiger partial charge in [-0.25, -0.2) is 9.97 Å². The fraction of sp³-hybridized carbons (Fsp3) is 0.609. The maximum Gasteiger partial charge on any atom is 0.242 e. The van der Waals surface area contributed by atoms with Gasteiger partial charge in [-0.15, -0.1) is 11.3 Å². The van der Waals surface area contributed by atoms with Gasteiger partial charge in [0.1, 0.15) is 6.04 Å². The van der Waals surface area contributed by atoms with Gasteiger partial charge in [-0.1, -0.05) is 6.92 Å². The van der Waals surface area contributed by atoms with E-state index in [1.54, 1.807) is 0 Å². The van der Waals surface area contributed by atoms with Crippen LogP contribution in [0, 0.1) is 0 Å². The molecule has 0 saturated carbocycles. The maximum absolute atomic E-state index is 11.7. The fourth-order valence-electron chi connectivity index (χ4n) is 5.14. The largest absolute Gasteiger partial charge is 0.370 e. The van der Waals surface area contributed by atoms with Crippen LogP contribution >= 0.6 is 11.3 Å². The number of rotatable bonds is 5. The van der Waals surface area contributed by atoms with Gasteiger partial charge >= 0.3 is 0 Å². The molecule has 0 unspecified atom stereocenters. The minimum Gasteiger partial charge on any atom is -0.370 e. The topological polar surface area (TPSA) is 79.4 Å². The first-order valence-electron chi connectivity index (χ1n) is 11.4. The number of amides is 1. The molecule has 3 aliphatic rings. The fourth-order valence-corrected chi connectivity index (χ4v) is 6.32. The number of fused-ring (bicyclic) bond motifs is 2. The van der Waals surface area contributed by atoms with Crippen molar-refractivity contribution in [3.05, 3.63) is 39.3 Å². The Morgan fingerprint density at radius 1 is 1.39 bits per heavy atom. The zero-order chi connectivity index (χ0) is 21.4. The van der Waals surface area contributed by atoms with E-state index < -0.39 is 0 Å². The number of piperidine rings is 1. The number of hydrogen-bond acceptors (Lipinski definition) is 7. The summed E-state index contributed by atoms with van der Waals surface area (Å²) in [5.41, 5.74) is 2.44. The highest BCUT2D eigenvalue weighted by Gasteiger charge is 2.44. The molecule has 31 heavy (non-hydrogen) atoms. The lowest BCUT2D eigenvalue weighted by Gasteiger charge is -2.47. The smallest absolute Gasteiger partial charge is 0.242 e. The summed E-state index contributed by atoms with van der Waals surface area (Å²) >= 11 is 1.98. The van der Waals surface area contributed by atoms with Crippen LogP contribution in [0.4, 0.5) is 5.95 Å². The highest BCUT2D eigenvalue weighted by Crippen LogP contribution is 2.46. The average molecular weight is 442 g/mol. The molecule has 0 aliphatic carbocycles. The number of carbonyl (C=O) groups is 1. The van der Waals surface area contributed by atoms with Crippen molar-refractivity contribution >= 4 is 23.2 Å². The number of aryl methyl sites for hydroxylation is 1. The molecular weight excluding hydrogens is 410 g/mol. The van der Waals surface area contributed by atoms with Gasteiger partial charge in [-0.3, -0.25) is 9.69 Å². The summed E-state index contributed by atoms with van der Waals surface area (Å²) in [5.74, 6) is 0.539. The molecule has 2 N–H and O–H groups in total. The monoisotopic (exact) mass is 441 g/mol. The molecule has 2 aromatic heterocycles. The summed E-state index contributed by atoms with van der Waals surface area (Å²) in [5, 5.41) is 5.94. The summed E-state index contributed by atoms with van der Waals surface area (Å²) < 4.78 is 6.46. The first-order chi connectivity index (χ1) is 15.1. The Labute approximate surface area is 187 Å². The number of ether oxygens (including phenoxy) is 1. The Bertz CT molecular complexity index is 946. The van der Waals surface area contributed by atoms with Crippen LogP contribution in [-0.2, 0) is 34.5 Å². The van der Waals surface area contributed by atoms with Gasteiger partial charge in [0.05, 0.1) is 12.2 Å². The standard InChI is InChI=1S/C23H31N5O2S/c1-3-17-10-18-20(31-17)5-9-30-23(18)6-8-28(15(2)11-23)14-16-12-25-22(26-13-16)27-19-4-7-24-21(19)29/h10,12-13,15,19H,3-9,11,14H2,1-2H3,(H,24,29)(H,25,26,27)/t15-,19-,23+/m0/s1. The van der Waals surface area contributed by atoms with Crippen LogP contribution in [0.1, 0.15) is 54.0 Å². The molecule has 0 radical (unpaired) electrons. The van der Waals surface area contributed by atoms with Gasteiger partial charge < -0.3 is 15.4 Å². The third kappa shape index (κ3) is 4.08.